The fourth-order valence-electron chi connectivity index (χ4n) is 4.45. The van der Waals surface area contributed by atoms with Gasteiger partial charge in [-0.25, -0.2) is 13.4 Å². The van der Waals surface area contributed by atoms with E-state index >= 15 is 0 Å². The molecule has 39 heavy (non-hydrogen) atoms. The van der Waals surface area contributed by atoms with Crippen LogP contribution < -0.4 is 5.32 Å². The Hall–Kier alpha value is -2.87. The van der Waals surface area contributed by atoms with Crippen molar-refractivity contribution in [2.24, 2.45) is 5.16 Å². The number of piperidine rings is 1. The third kappa shape index (κ3) is 7.02. The first kappa shape index (κ1) is 27.7. The second-order valence-corrected chi connectivity index (χ2v) is 13.2. The van der Waals surface area contributed by atoms with E-state index in [1.165, 1.54) is 23.5 Å². The number of aromatic nitrogens is 1. The Morgan fingerprint density at radius 1 is 1.13 bits per heavy atom. The van der Waals surface area contributed by atoms with Crippen LogP contribution in [-0.4, -0.2) is 79.6 Å². The molecule has 3 fully saturated rings. The van der Waals surface area contributed by atoms with Crippen molar-refractivity contribution >= 4 is 43.8 Å². The van der Waals surface area contributed by atoms with E-state index in [2.05, 4.69) is 15.5 Å². The predicted octanol–water partition coefficient (Wildman–Crippen LogP) is 2.76. The number of nitrogens with zero attached hydrogens (tertiary/aromatic N) is 3. The third-order valence-corrected chi connectivity index (χ3v) is 10.1. The summed E-state index contributed by atoms with van der Waals surface area (Å²) in [5.41, 5.74) is 0.445. The summed E-state index contributed by atoms with van der Waals surface area (Å²) in [6.45, 7) is 4.27. The fraction of sp³-hybridized carbons (Fsp3) is 0.538. The number of carbonyl (C=O) groups is 2. The number of sulfone groups is 1. The topological polar surface area (TPSA) is 136 Å². The lowest BCUT2D eigenvalue weighted by atomic mass is 10.1. The summed E-state index contributed by atoms with van der Waals surface area (Å²) < 4.78 is 36.5. The number of anilines is 1. The highest BCUT2D eigenvalue weighted by Gasteiger charge is 2.37. The molecule has 1 atom stereocenters. The Labute approximate surface area is 231 Å². The van der Waals surface area contributed by atoms with Gasteiger partial charge in [-0.3, -0.25) is 14.9 Å². The third-order valence-electron chi connectivity index (χ3n) is 6.94. The standard InChI is InChI=1S/C26H32N4O7S2/c1-17(31)30-11-8-19(9-12-30)36-16-21-14-27-26(38-21)28-25(32)24(29-37-20-10-13-35-15-20)18-2-4-22(5-3-18)39(33,34)23-6-7-23/h2-5,14,19-20,23H,6-13,15-16H2,1H3,(H,27,28,32)/b29-24+/t20-/m1/s1. The van der Waals surface area contributed by atoms with E-state index in [0.717, 1.165) is 17.7 Å². The van der Waals surface area contributed by atoms with Gasteiger partial charge in [0.1, 0.15) is 0 Å². The number of carbonyl (C=O) groups excluding carboxylic acids is 2. The zero-order valence-corrected chi connectivity index (χ0v) is 23.3. The number of hydrogen-bond acceptors (Lipinski definition) is 10. The molecule has 1 saturated carbocycles. The zero-order valence-electron chi connectivity index (χ0n) is 21.7. The molecule has 3 aliphatic rings. The number of hydrogen-bond donors (Lipinski definition) is 1. The minimum atomic E-state index is -3.35. The molecule has 11 nitrogen and oxygen atoms in total. The lowest BCUT2D eigenvalue weighted by Crippen LogP contribution is -2.39. The quantitative estimate of drug-likeness (QED) is 0.337. The number of likely N-dealkylation sites (tertiary alicyclic amines) is 1. The minimum absolute atomic E-state index is 0.0162. The molecule has 1 aliphatic carbocycles. The van der Waals surface area contributed by atoms with Crippen molar-refractivity contribution in [3.63, 3.8) is 0 Å². The maximum Gasteiger partial charge on any atom is 0.280 e. The number of amides is 2. The Kier molecular flexibility index (Phi) is 8.60. The molecular weight excluding hydrogens is 544 g/mol. The van der Waals surface area contributed by atoms with Crippen LogP contribution in [0.2, 0.25) is 0 Å². The molecule has 2 aliphatic heterocycles. The number of rotatable bonds is 10. The van der Waals surface area contributed by atoms with Gasteiger partial charge in [-0.1, -0.05) is 28.6 Å². The average Bonchev–Trinajstić information content (AvgIpc) is 3.51. The Balaban J connectivity index is 1.23. The second kappa shape index (κ2) is 12.1. The number of nitrogens with one attached hydrogen (secondary N) is 1. The summed E-state index contributed by atoms with van der Waals surface area (Å²) in [7, 11) is -3.35. The van der Waals surface area contributed by atoms with Crippen molar-refractivity contribution in [1.29, 1.82) is 0 Å². The van der Waals surface area contributed by atoms with Gasteiger partial charge in [0.15, 0.2) is 26.8 Å². The highest BCUT2D eigenvalue weighted by molar-refractivity contribution is 7.92. The molecule has 210 valence electrons. The molecular formula is C26H32N4O7S2. The smallest absolute Gasteiger partial charge is 0.280 e. The van der Waals surface area contributed by atoms with E-state index in [4.69, 9.17) is 14.3 Å². The first-order valence-corrected chi connectivity index (χ1v) is 15.4. The zero-order chi connectivity index (χ0) is 27.4. The van der Waals surface area contributed by atoms with Crippen molar-refractivity contribution < 1.29 is 32.3 Å². The van der Waals surface area contributed by atoms with Crippen molar-refractivity contribution in [2.75, 3.05) is 31.6 Å². The highest BCUT2D eigenvalue weighted by Crippen LogP contribution is 2.33. The van der Waals surface area contributed by atoms with Crippen molar-refractivity contribution in [3.05, 3.63) is 40.9 Å². The molecule has 0 radical (unpaired) electrons. The number of ether oxygens (including phenoxy) is 2. The van der Waals surface area contributed by atoms with Crippen LogP contribution >= 0.6 is 11.3 Å². The lowest BCUT2D eigenvalue weighted by Gasteiger charge is -2.31. The molecule has 0 spiro atoms. The molecule has 1 aromatic heterocycles. The normalized spacial score (nSPS) is 20.7. The van der Waals surface area contributed by atoms with Gasteiger partial charge in [-0.2, -0.15) is 0 Å². The molecule has 3 heterocycles. The molecule has 5 rings (SSSR count). The van der Waals surface area contributed by atoms with Crippen molar-refractivity contribution in [1.82, 2.24) is 9.88 Å². The van der Waals surface area contributed by atoms with Gasteiger partial charge >= 0.3 is 0 Å². The number of thiazole rings is 1. The van der Waals surface area contributed by atoms with Gasteiger partial charge in [-0.15, -0.1) is 0 Å². The molecule has 0 unspecified atom stereocenters. The first-order valence-electron chi connectivity index (χ1n) is 13.1. The van der Waals surface area contributed by atoms with Crippen molar-refractivity contribution in [3.8, 4) is 0 Å². The van der Waals surface area contributed by atoms with E-state index in [1.54, 1.807) is 25.3 Å². The molecule has 1 aromatic carbocycles. The Bertz CT molecular complexity index is 1310. The monoisotopic (exact) mass is 576 g/mol. The maximum atomic E-state index is 13.3. The molecule has 13 heteroatoms. The number of benzene rings is 1. The summed E-state index contributed by atoms with van der Waals surface area (Å²) in [4.78, 5) is 37.5. The maximum absolute atomic E-state index is 13.3. The summed E-state index contributed by atoms with van der Waals surface area (Å²) in [5.74, 6) is -0.439. The Morgan fingerprint density at radius 2 is 1.87 bits per heavy atom. The molecule has 0 bridgehead atoms. The molecule has 2 amide bonds. The van der Waals surface area contributed by atoms with E-state index in [9.17, 15) is 18.0 Å². The van der Waals surface area contributed by atoms with Crippen LogP contribution in [0, 0.1) is 0 Å². The van der Waals surface area contributed by atoms with Crippen molar-refractivity contribution in [2.45, 2.75) is 68.0 Å². The predicted molar refractivity (Wildman–Crippen MR) is 144 cm³/mol. The Morgan fingerprint density at radius 3 is 2.51 bits per heavy atom. The molecule has 2 saturated heterocycles. The van der Waals surface area contributed by atoms with Crippen LogP contribution in [0.3, 0.4) is 0 Å². The van der Waals surface area contributed by atoms with Crippen LogP contribution in [-0.2, 0) is 40.3 Å². The van der Waals surface area contributed by atoms with Gasteiger partial charge in [0.2, 0.25) is 5.91 Å². The van der Waals surface area contributed by atoms with Gasteiger partial charge in [0, 0.05) is 38.2 Å². The lowest BCUT2D eigenvalue weighted by molar-refractivity contribution is -0.131. The summed E-state index contributed by atoms with van der Waals surface area (Å²) in [6.07, 6.45) is 5.07. The van der Waals surface area contributed by atoms with E-state index in [1.807, 2.05) is 4.90 Å². The molecule has 1 N–H and O–H groups in total. The first-order chi connectivity index (χ1) is 18.8. The van der Waals surface area contributed by atoms with Gasteiger partial charge in [0.25, 0.3) is 5.91 Å². The van der Waals surface area contributed by atoms with Gasteiger partial charge in [0.05, 0.1) is 40.9 Å². The largest absolute Gasteiger partial charge is 0.389 e. The van der Waals surface area contributed by atoms with Crippen LogP contribution in [0.5, 0.6) is 0 Å². The highest BCUT2D eigenvalue weighted by atomic mass is 32.2. The van der Waals surface area contributed by atoms with E-state index in [-0.39, 0.29) is 34.0 Å². The van der Waals surface area contributed by atoms with E-state index in [0.29, 0.717) is 62.9 Å². The molecule has 2 aromatic rings. The van der Waals surface area contributed by atoms with E-state index < -0.39 is 15.7 Å². The van der Waals surface area contributed by atoms with Gasteiger partial charge in [-0.05, 0) is 37.8 Å². The summed E-state index contributed by atoms with van der Waals surface area (Å²) in [5, 5.41) is 6.97. The summed E-state index contributed by atoms with van der Waals surface area (Å²) >= 11 is 1.30. The van der Waals surface area contributed by atoms with Crippen LogP contribution in [0.4, 0.5) is 5.13 Å². The second-order valence-electron chi connectivity index (χ2n) is 9.90. The van der Waals surface area contributed by atoms with Gasteiger partial charge < -0.3 is 19.2 Å². The fourth-order valence-corrected chi connectivity index (χ4v) is 6.83. The van der Waals surface area contributed by atoms with Crippen LogP contribution in [0.15, 0.2) is 40.5 Å². The average molecular weight is 577 g/mol. The van der Waals surface area contributed by atoms with Crippen LogP contribution in [0.25, 0.3) is 0 Å². The number of oxime groups is 1. The summed E-state index contributed by atoms with van der Waals surface area (Å²) in [6, 6.07) is 6.15. The minimum Gasteiger partial charge on any atom is -0.389 e. The van der Waals surface area contributed by atoms with Crippen LogP contribution in [0.1, 0.15) is 49.5 Å². The SMILES string of the molecule is CC(=O)N1CCC(OCc2cnc(NC(=O)/C(=N/O[C@@H]3CCOC3)c3ccc(S(=O)(=O)C4CC4)cc3)s2)CC1.